The van der Waals surface area contributed by atoms with E-state index in [1.54, 1.807) is 30.5 Å². The van der Waals surface area contributed by atoms with Gasteiger partial charge >= 0.3 is 0 Å². The number of hydrogen-bond acceptors (Lipinski definition) is 5. The third-order valence-electron chi connectivity index (χ3n) is 2.83. The van der Waals surface area contributed by atoms with Crippen LogP contribution in [0.15, 0.2) is 42.6 Å². The number of ether oxygens (including phenoxy) is 1. The molecule has 0 saturated heterocycles. The van der Waals surface area contributed by atoms with E-state index >= 15 is 0 Å². The summed E-state index contributed by atoms with van der Waals surface area (Å²) < 4.78 is 6.63. The Morgan fingerprint density at radius 3 is 2.95 bits per heavy atom. The molecule has 0 N–H and O–H groups in total. The highest BCUT2D eigenvalue weighted by atomic mass is 16.5. The van der Waals surface area contributed by atoms with Crippen molar-refractivity contribution >= 4 is 16.9 Å². The molecule has 20 heavy (non-hydrogen) atoms. The van der Waals surface area contributed by atoms with Crippen LogP contribution in [0.2, 0.25) is 0 Å². The van der Waals surface area contributed by atoms with Gasteiger partial charge in [0.05, 0.1) is 12.1 Å². The van der Waals surface area contributed by atoms with Gasteiger partial charge in [0.25, 0.3) is 5.91 Å². The van der Waals surface area contributed by atoms with Crippen molar-refractivity contribution in [1.29, 1.82) is 0 Å². The molecule has 2 aromatic heterocycles. The van der Waals surface area contributed by atoms with Crippen molar-refractivity contribution in [2.45, 2.75) is 6.92 Å². The number of hydrogen-bond donors (Lipinski definition) is 0. The van der Waals surface area contributed by atoms with Crippen molar-refractivity contribution in [3.8, 4) is 5.88 Å². The van der Waals surface area contributed by atoms with Crippen LogP contribution in [-0.2, 0) is 0 Å². The predicted octanol–water partition coefficient (Wildman–Crippen LogP) is 1.91. The quantitative estimate of drug-likeness (QED) is 0.725. The fourth-order valence-corrected chi connectivity index (χ4v) is 1.94. The van der Waals surface area contributed by atoms with Gasteiger partial charge < -0.3 is 4.74 Å². The molecule has 0 saturated carbocycles. The van der Waals surface area contributed by atoms with Crippen molar-refractivity contribution in [3.05, 3.63) is 48.2 Å². The molecule has 0 atom stereocenters. The Morgan fingerprint density at radius 2 is 2.10 bits per heavy atom. The number of para-hydroxylation sites is 1. The van der Waals surface area contributed by atoms with E-state index in [0.717, 1.165) is 0 Å². The Morgan fingerprint density at radius 1 is 1.25 bits per heavy atom. The maximum Gasteiger partial charge on any atom is 0.285 e. The van der Waals surface area contributed by atoms with Gasteiger partial charge in [0.1, 0.15) is 11.1 Å². The van der Waals surface area contributed by atoms with Gasteiger partial charge in [-0.1, -0.05) is 17.3 Å². The molecule has 0 aliphatic heterocycles. The first-order valence-corrected chi connectivity index (χ1v) is 6.24. The third kappa shape index (κ3) is 2.01. The molecular formula is C14H12N4O2. The Kier molecular flexibility index (Phi) is 3.12. The Bertz CT molecular complexity index is 766. The maximum absolute atomic E-state index is 12.6. The first kappa shape index (κ1) is 12.3. The molecule has 100 valence electrons. The molecule has 0 spiro atoms. The predicted molar refractivity (Wildman–Crippen MR) is 72.7 cm³/mol. The van der Waals surface area contributed by atoms with Gasteiger partial charge in [-0.25, -0.2) is 4.98 Å². The van der Waals surface area contributed by atoms with Crippen LogP contribution in [0.5, 0.6) is 5.88 Å². The van der Waals surface area contributed by atoms with Crippen LogP contribution < -0.4 is 4.74 Å². The zero-order valence-corrected chi connectivity index (χ0v) is 10.9. The van der Waals surface area contributed by atoms with Crippen LogP contribution in [0, 0.1) is 0 Å². The van der Waals surface area contributed by atoms with Crippen molar-refractivity contribution in [3.63, 3.8) is 0 Å². The van der Waals surface area contributed by atoms with Crippen LogP contribution in [0.4, 0.5) is 0 Å². The molecule has 0 aliphatic carbocycles. The summed E-state index contributed by atoms with van der Waals surface area (Å²) >= 11 is 0. The number of aromatic nitrogens is 4. The summed E-state index contributed by atoms with van der Waals surface area (Å²) in [5.74, 6) is -0.00479. The molecule has 0 aliphatic rings. The lowest BCUT2D eigenvalue weighted by Gasteiger charge is -2.07. The van der Waals surface area contributed by atoms with Crippen LogP contribution in [0.25, 0.3) is 11.0 Å². The second-order valence-corrected chi connectivity index (χ2v) is 4.08. The van der Waals surface area contributed by atoms with Gasteiger partial charge in [-0.15, -0.1) is 5.10 Å². The minimum atomic E-state index is -0.310. The largest absolute Gasteiger partial charge is 0.477 e. The van der Waals surface area contributed by atoms with E-state index in [2.05, 4.69) is 15.3 Å². The molecule has 0 amide bonds. The van der Waals surface area contributed by atoms with Crippen LogP contribution >= 0.6 is 0 Å². The van der Waals surface area contributed by atoms with Gasteiger partial charge in [0, 0.05) is 6.20 Å². The molecule has 6 heteroatoms. The van der Waals surface area contributed by atoms with Gasteiger partial charge in [0.15, 0.2) is 0 Å². The topological polar surface area (TPSA) is 69.9 Å². The molecule has 0 fully saturated rings. The zero-order chi connectivity index (χ0) is 13.9. The van der Waals surface area contributed by atoms with Crippen molar-refractivity contribution in [2.75, 3.05) is 6.61 Å². The highest BCUT2D eigenvalue weighted by Gasteiger charge is 2.18. The zero-order valence-electron chi connectivity index (χ0n) is 10.9. The monoisotopic (exact) mass is 268 g/mol. The SMILES string of the molecule is CCOc1ncccc1C(=O)n1nnc2ccccc21. The minimum Gasteiger partial charge on any atom is -0.477 e. The molecule has 2 heterocycles. The van der Waals surface area contributed by atoms with Crippen LogP contribution in [0.3, 0.4) is 0 Å². The lowest BCUT2D eigenvalue weighted by atomic mass is 10.2. The third-order valence-corrected chi connectivity index (χ3v) is 2.83. The summed E-state index contributed by atoms with van der Waals surface area (Å²) in [6.07, 6.45) is 1.58. The number of nitrogens with zero attached hydrogens (tertiary/aromatic N) is 4. The van der Waals surface area contributed by atoms with E-state index in [1.165, 1.54) is 4.68 Å². The van der Waals surface area contributed by atoms with E-state index in [1.807, 2.05) is 19.1 Å². The maximum atomic E-state index is 12.6. The molecule has 3 aromatic rings. The normalized spacial score (nSPS) is 10.7. The number of rotatable bonds is 3. The summed E-state index contributed by atoms with van der Waals surface area (Å²) in [5, 5.41) is 7.88. The summed E-state index contributed by atoms with van der Waals surface area (Å²) in [4.78, 5) is 16.6. The van der Waals surface area contributed by atoms with Crippen molar-refractivity contribution in [2.24, 2.45) is 0 Å². The molecule has 0 radical (unpaired) electrons. The molecular weight excluding hydrogens is 256 g/mol. The second-order valence-electron chi connectivity index (χ2n) is 4.08. The number of benzene rings is 1. The molecule has 0 unspecified atom stereocenters. The van der Waals surface area contributed by atoms with Gasteiger partial charge in [0.2, 0.25) is 5.88 Å². The lowest BCUT2D eigenvalue weighted by molar-refractivity contribution is 0.0943. The number of pyridine rings is 1. The average Bonchev–Trinajstić information content (AvgIpc) is 2.91. The summed E-state index contributed by atoms with van der Waals surface area (Å²) in [5.41, 5.74) is 1.69. The first-order valence-electron chi connectivity index (χ1n) is 6.24. The second kappa shape index (κ2) is 5.08. The van der Waals surface area contributed by atoms with Gasteiger partial charge in [-0.05, 0) is 31.2 Å². The lowest BCUT2D eigenvalue weighted by Crippen LogP contribution is -2.15. The fraction of sp³-hybridized carbons (Fsp3) is 0.143. The van der Waals surface area contributed by atoms with E-state index in [-0.39, 0.29) is 5.91 Å². The van der Waals surface area contributed by atoms with E-state index in [0.29, 0.717) is 29.1 Å². The summed E-state index contributed by atoms with van der Waals surface area (Å²) in [7, 11) is 0. The van der Waals surface area contributed by atoms with E-state index in [9.17, 15) is 4.79 Å². The molecule has 1 aromatic carbocycles. The Balaban J connectivity index is 2.09. The summed E-state index contributed by atoms with van der Waals surface area (Å²) in [6.45, 7) is 2.28. The fourth-order valence-electron chi connectivity index (χ4n) is 1.94. The van der Waals surface area contributed by atoms with E-state index < -0.39 is 0 Å². The smallest absolute Gasteiger partial charge is 0.285 e. The number of fused-ring (bicyclic) bond motifs is 1. The number of carbonyl (C=O) groups excluding carboxylic acids is 1. The highest BCUT2D eigenvalue weighted by Crippen LogP contribution is 2.18. The average molecular weight is 268 g/mol. The molecule has 3 rings (SSSR count). The van der Waals surface area contributed by atoms with Gasteiger partial charge in [-0.3, -0.25) is 4.79 Å². The molecule has 0 bridgehead atoms. The Hall–Kier alpha value is -2.76. The van der Waals surface area contributed by atoms with Crippen molar-refractivity contribution in [1.82, 2.24) is 20.0 Å². The highest BCUT2D eigenvalue weighted by molar-refractivity contribution is 6.01. The minimum absolute atomic E-state index is 0.305. The first-order chi connectivity index (χ1) is 9.81. The number of carbonyl (C=O) groups is 1. The standard InChI is InChI=1S/C14H12N4O2/c1-2-20-13-10(6-5-9-15-13)14(19)18-12-8-4-3-7-11(12)16-17-18/h3-9H,2H2,1H3. The van der Waals surface area contributed by atoms with Gasteiger partial charge in [-0.2, -0.15) is 4.68 Å². The molecule has 6 nitrogen and oxygen atoms in total. The Labute approximate surface area is 115 Å². The van der Waals surface area contributed by atoms with E-state index in [4.69, 9.17) is 4.74 Å². The van der Waals surface area contributed by atoms with Crippen LogP contribution in [-0.4, -0.2) is 32.5 Å². The van der Waals surface area contributed by atoms with Crippen molar-refractivity contribution < 1.29 is 9.53 Å². The summed E-state index contributed by atoms with van der Waals surface area (Å²) in [6, 6.07) is 10.6. The van der Waals surface area contributed by atoms with Crippen LogP contribution in [0.1, 0.15) is 17.3 Å².